The van der Waals surface area contributed by atoms with Gasteiger partial charge in [-0.05, 0) is 43.3 Å². The van der Waals surface area contributed by atoms with E-state index in [9.17, 15) is 0 Å². The zero-order valence-corrected chi connectivity index (χ0v) is 13.8. The normalized spacial score (nSPS) is 11.0. The van der Waals surface area contributed by atoms with Crippen LogP contribution in [0.5, 0.6) is 0 Å². The van der Waals surface area contributed by atoms with Crippen LogP contribution in [-0.2, 0) is 6.54 Å². The van der Waals surface area contributed by atoms with Crippen molar-refractivity contribution in [2.45, 2.75) is 39.2 Å². The van der Waals surface area contributed by atoms with Crippen molar-refractivity contribution in [1.82, 2.24) is 5.32 Å². The van der Waals surface area contributed by atoms with Crippen molar-refractivity contribution < 1.29 is 4.42 Å². The lowest BCUT2D eigenvalue weighted by atomic mass is 10.2. The van der Waals surface area contributed by atoms with E-state index in [1.165, 1.54) is 25.7 Å². The summed E-state index contributed by atoms with van der Waals surface area (Å²) in [6, 6.07) is 9.37. The van der Waals surface area contributed by atoms with E-state index < -0.39 is 0 Å². The van der Waals surface area contributed by atoms with Crippen LogP contribution in [0.3, 0.4) is 0 Å². The fraction of sp³-hybridized carbons (Fsp3) is 0.412. The number of nitrogens with one attached hydrogen (secondary N) is 1. The molecule has 0 aliphatic carbocycles. The molecule has 0 fully saturated rings. The first-order valence-corrected chi connectivity index (χ1v) is 8.20. The SMILES string of the molecule is CCCCCCNCc1ccc(-c2cc(Cl)cc(Cl)c2)o1. The molecule has 0 spiro atoms. The largest absolute Gasteiger partial charge is 0.460 e. The summed E-state index contributed by atoms with van der Waals surface area (Å²) < 4.78 is 5.83. The number of halogens is 2. The van der Waals surface area contributed by atoms with Crippen LogP contribution in [0.4, 0.5) is 0 Å². The van der Waals surface area contributed by atoms with Crippen LogP contribution in [0.25, 0.3) is 11.3 Å². The van der Waals surface area contributed by atoms with Crippen molar-refractivity contribution in [3.63, 3.8) is 0 Å². The third-order valence-corrected chi connectivity index (χ3v) is 3.75. The fourth-order valence-electron chi connectivity index (χ4n) is 2.21. The Morgan fingerprint density at radius 2 is 1.76 bits per heavy atom. The minimum atomic E-state index is 0.615. The number of benzene rings is 1. The summed E-state index contributed by atoms with van der Waals surface area (Å²) >= 11 is 12.0. The summed E-state index contributed by atoms with van der Waals surface area (Å²) in [5, 5.41) is 4.63. The number of hydrogen-bond donors (Lipinski definition) is 1. The van der Waals surface area contributed by atoms with E-state index in [1.54, 1.807) is 6.07 Å². The standard InChI is InChI=1S/C17H21Cl2NO/c1-2-3-4-5-8-20-12-16-6-7-17(21-16)13-9-14(18)11-15(19)10-13/h6-7,9-11,20H,2-5,8,12H2,1H3. The smallest absolute Gasteiger partial charge is 0.134 e. The van der Waals surface area contributed by atoms with E-state index in [4.69, 9.17) is 27.6 Å². The summed E-state index contributed by atoms with van der Waals surface area (Å²) in [6.45, 7) is 4.00. The third kappa shape index (κ3) is 5.39. The molecule has 21 heavy (non-hydrogen) atoms. The van der Waals surface area contributed by atoms with E-state index in [-0.39, 0.29) is 0 Å². The Hall–Kier alpha value is -0.960. The molecule has 0 saturated heterocycles. The average Bonchev–Trinajstić information content (AvgIpc) is 2.90. The Labute approximate surface area is 136 Å². The van der Waals surface area contributed by atoms with Gasteiger partial charge in [-0.1, -0.05) is 49.4 Å². The zero-order chi connectivity index (χ0) is 15.1. The first-order valence-electron chi connectivity index (χ1n) is 7.45. The minimum Gasteiger partial charge on any atom is -0.460 e. The fourth-order valence-corrected chi connectivity index (χ4v) is 2.74. The second kappa shape index (κ2) is 8.47. The highest BCUT2D eigenvalue weighted by Crippen LogP contribution is 2.28. The van der Waals surface area contributed by atoms with Gasteiger partial charge < -0.3 is 9.73 Å². The molecule has 0 saturated carbocycles. The molecule has 114 valence electrons. The third-order valence-electron chi connectivity index (χ3n) is 3.32. The van der Waals surface area contributed by atoms with E-state index in [1.807, 2.05) is 24.3 Å². The molecule has 0 radical (unpaired) electrons. The van der Waals surface area contributed by atoms with Gasteiger partial charge in [-0.15, -0.1) is 0 Å². The molecular weight excluding hydrogens is 305 g/mol. The summed E-state index contributed by atoms with van der Waals surface area (Å²) in [5.74, 6) is 1.72. The van der Waals surface area contributed by atoms with Gasteiger partial charge in [-0.25, -0.2) is 0 Å². The van der Waals surface area contributed by atoms with Crippen molar-refractivity contribution >= 4 is 23.2 Å². The van der Waals surface area contributed by atoms with Gasteiger partial charge in [0, 0.05) is 15.6 Å². The molecule has 2 rings (SSSR count). The molecule has 2 nitrogen and oxygen atoms in total. The molecule has 1 heterocycles. The maximum Gasteiger partial charge on any atom is 0.134 e. The molecular formula is C17H21Cl2NO. The Morgan fingerprint density at radius 1 is 1.00 bits per heavy atom. The molecule has 1 aromatic heterocycles. The molecule has 1 aromatic carbocycles. The van der Waals surface area contributed by atoms with Gasteiger partial charge in [0.2, 0.25) is 0 Å². The molecule has 4 heteroatoms. The first kappa shape index (κ1) is 16.4. The maximum absolute atomic E-state index is 6.01. The Morgan fingerprint density at radius 3 is 2.48 bits per heavy atom. The van der Waals surface area contributed by atoms with Crippen LogP contribution in [0, 0.1) is 0 Å². The van der Waals surface area contributed by atoms with Gasteiger partial charge in [0.1, 0.15) is 11.5 Å². The maximum atomic E-state index is 6.01. The van der Waals surface area contributed by atoms with Gasteiger partial charge in [-0.2, -0.15) is 0 Å². The van der Waals surface area contributed by atoms with Gasteiger partial charge in [0.15, 0.2) is 0 Å². The predicted molar refractivity (Wildman–Crippen MR) is 90.0 cm³/mol. The minimum absolute atomic E-state index is 0.615. The van der Waals surface area contributed by atoms with E-state index in [0.29, 0.717) is 10.0 Å². The van der Waals surface area contributed by atoms with Crippen molar-refractivity contribution in [3.05, 3.63) is 46.1 Å². The van der Waals surface area contributed by atoms with E-state index in [0.717, 1.165) is 30.2 Å². The summed E-state index contributed by atoms with van der Waals surface area (Å²) in [7, 11) is 0. The van der Waals surface area contributed by atoms with Crippen molar-refractivity contribution in [2.24, 2.45) is 0 Å². The van der Waals surface area contributed by atoms with Crippen molar-refractivity contribution in [3.8, 4) is 11.3 Å². The number of rotatable bonds is 8. The van der Waals surface area contributed by atoms with E-state index >= 15 is 0 Å². The van der Waals surface area contributed by atoms with Crippen LogP contribution in [0.15, 0.2) is 34.7 Å². The predicted octanol–water partition coefficient (Wildman–Crippen LogP) is 5.92. The van der Waals surface area contributed by atoms with E-state index in [2.05, 4.69) is 12.2 Å². The molecule has 2 aromatic rings. The highest BCUT2D eigenvalue weighted by Gasteiger charge is 2.06. The van der Waals surface area contributed by atoms with Crippen LogP contribution in [0.1, 0.15) is 38.4 Å². The van der Waals surface area contributed by atoms with Crippen LogP contribution in [0.2, 0.25) is 10.0 Å². The Bertz CT molecular complexity index is 545. The summed E-state index contributed by atoms with van der Waals surface area (Å²) in [5.41, 5.74) is 0.904. The van der Waals surface area contributed by atoms with Crippen LogP contribution in [-0.4, -0.2) is 6.54 Å². The van der Waals surface area contributed by atoms with Crippen molar-refractivity contribution in [2.75, 3.05) is 6.54 Å². The van der Waals surface area contributed by atoms with Gasteiger partial charge in [-0.3, -0.25) is 0 Å². The van der Waals surface area contributed by atoms with Gasteiger partial charge in [0.25, 0.3) is 0 Å². The summed E-state index contributed by atoms with van der Waals surface area (Å²) in [4.78, 5) is 0. The second-order valence-corrected chi connectivity index (χ2v) is 6.03. The molecule has 1 N–H and O–H groups in total. The van der Waals surface area contributed by atoms with Crippen LogP contribution >= 0.6 is 23.2 Å². The van der Waals surface area contributed by atoms with Crippen molar-refractivity contribution in [1.29, 1.82) is 0 Å². The quantitative estimate of drug-likeness (QED) is 0.609. The lowest BCUT2D eigenvalue weighted by molar-refractivity contribution is 0.487. The monoisotopic (exact) mass is 325 g/mol. The molecule has 0 unspecified atom stereocenters. The Kier molecular flexibility index (Phi) is 6.62. The molecule has 0 atom stereocenters. The first-order chi connectivity index (χ1) is 10.2. The lowest BCUT2D eigenvalue weighted by Crippen LogP contribution is -2.14. The highest BCUT2D eigenvalue weighted by molar-refractivity contribution is 6.35. The average molecular weight is 326 g/mol. The molecule has 0 aliphatic rings. The topological polar surface area (TPSA) is 25.2 Å². The Balaban J connectivity index is 1.86. The second-order valence-electron chi connectivity index (χ2n) is 5.16. The molecule has 0 amide bonds. The molecule has 0 aliphatic heterocycles. The number of unbranched alkanes of at least 4 members (excludes halogenated alkanes) is 3. The van der Waals surface area contributed by atoms with Crippen LogP contribution < -0.4 is 5.32 Å². The number of furan rings is 1. The van der Waals surface area contributed by atoms with Gasteiger partial charge >= 0.3 is 0 Å². The lowest BCUT2D eigenvalue weighted by Gasteiger charge is -2.03. The zero-order valence-electron chi connectivity index (χ0n) is 12.3. The van der Waals surface area contributed by atoms with Gasteiger partial charge in [0.05, 0.1) is 6.54 Å². The highest BCUT2D eigenvalue weighted by atomic mass is 35.5. The number of hydrogen-bond acceptors (Lipinski definition) is 2. The molecule has 0 bridgehead atoms. The summed E-state index contributed by atoms with van der Waals surface area (Å²) in [6.07, 6.45) is 5.07.